The number of hydrogen-bond acceptors (Lipinski definition) is 5. The number of aromatic nitrogens is 1. The Labute approximate surface area is 194 Å². The first-order valence-corrected chi connectivity index (χ1v) is 14.4. The molecule has 0 fully saturated rings. The van der Waals surface area contributed by atoms with Crippen LogP contribution in [0.25, 0.3) is 11.0 Å². The quantitative estimate of drug-likeness (QED) is 0.230. The molecule has 0 spiro atoms. The molecule has 4 nitrogen and oxygen atoms in total. The summed E-state index contributed by atoms with van der Waals surface area (Å²) in [6.45, 7) is 15.7. The molecule has 4 atom stereocenters. The summed E-state index contributed by atoms with van der Waals surface area (Å²) in [5, 5.41) is 8.12. The third-order valence-corrected chi connectivity index (χ3v) is 8.98. The van der Waals surface area contributed by atoms with Crippen molar-refractivity contribution in [3.63, 3.8) is 0 Å². The highest BCUT2D eigenvalue weighted by molar-refractivity contribution is 8.13. The highest BCUT2D eigenvalue weighted by Crippen LogP contribution is 2.43. The van der Waals surface area contributed by atoms with Crippen LogP contribution < -0.4 is 25.8 Å². The summed E-state index contributed by atoms with van der Waals surface area (Å²) in [5.41, 5.74) is 2.31. The van der Waals surface area contributed by atoms with Crippen molar-refractivity contribution in [2.75, 3.05) is 25.6 Å². The van der Waals surface area contributed by atoms with Crippen LogP contribution in [-0.2, 0) is 0 Å². The van der Waals surface area contributed by atoms with Gasteiger partial charge in [-0.05, 0) is 64.5 Å². The summed E-state index contributed by atoms with van der Waals surface area (Å²) in [4.78, 5) is 9.79. The maximum absolute atomic E-state index is 6.57. The van der Waals surface area contributed by atoms with Crippen molar-refractivity contribution in [3.05, 3.63) is 28.2 Å². The van der Waals surface area contributed by atoms with Gasteiger partial charge in [0.05, 0.1) is 21.8 Å². The summed E-state index contributed by atoms with van der Waals surface area (Å²) >= 11 is 8.23. The lowest BCUT2D eigenvalue weighted by Gasteiger charge is -2.21. The Bertz CT molecular complexity index is 935. The zero-order valence-corrected chi connectivity index (χ0v) is 22.5. The predicted molar refractivity (Wildman–Crippen MR) is 142 cm³/mol. The number of ether oxygens (including phenoxy) is 1. The Morgan fingerprint density at radius 1 is 1.50 bits per heavy atom. The third-order valence-electron chi connectivity index (χ3n) is 5.28. The first kappa shape index (κ1) is 25.8. The summed E-state index contributed by atoms with van der Waals surface area (Å²) < 4.78 is 6.39. The fourth-order valence-electron chi connectivity index (χ4n) is 3.32. The van der Waals surface area contributed by atoms with E-state index in [1.807, 2.05) is 6.08 Å². The fraction of sp³-hybridized carbons (Fsp3) is 0.545. The van der Waals surface area contributed by atoms with Gasteiger partial charge in [0.15, 0.2) is 0 Å². The number of nitrogens with zero attached hydrogens (tertiary/aromatic N) is 2. The van der Waals surface area contributed by atoms with E-state index in [0.717, 1.165) is 51.8 Å². The summed E-state index contributed by atoms with van der Waals surface area (Å²) in [6.07, 6.45) is 6.83. The molecule has 1 aromatic rings. The van der Waals surface area contributed by atoms with Gasteiger partial charge in [-0.3, -0.25) is 0 Å². The van der Waals surface area contributed by atoms with Gasteiger partial charge in [-0.15, -0.1) is 27.6 Å². The van der Waals surface area contributed by atoms with Gasteiger partial charge in [0.25, 0.3) is 0 Å². The molecule has 2 heterocycles. The summed E-state index contributed by atoms with van der Waals surface area (Å²) in [6, 6.07) is 0.241. The molecule has 0 saturated carbocycles. The molecule has 1 aliphatic rings. The smallest absolute Gasteiger partial charge is 0.225 e. The highest BCUT2D eigenvalue weighted by Gasteiger charge is 2.22. The fourth-order valence-corrected chi connectivity index (χ4v) is 6.14. The second-order valence-electron chi connectivity index (χ2n) is 7.56. The second kappa shape index (κ2) is 12.0. The van der Waals surface area contributed by atoms with E-state index in [-0.39, 0.29) is 12.1 Å². The molecule has 8 heteroatoms. The van der Waals surface area contributed by atoms with Crippen LogP contribution in [0.1, 0.15) is 40.5 Å². The number of fused-ring (bicyclic) bond motifs is 1. The Morgan fingerprint density at radius 2 is 2.20 bits per heavy atom. The third kappa shape index (κ3) is 6.30. The topological polar surface area (TPSA) is 46.5 Å². The molecule has 166 valence electrons. The Morgan fingerprint density at radius 3 is 2.80 bits per heavy atom. The Hall–Kier alpha value is -0.440. The van der Waals surface area contributed by atoms with Crippen LogP contribution in [0.5, 0.6) is 5.88 Å². The second-order valence-corrected chi connectivity index (χ2v) is 11.7. The molecule has 0 aromatic carbocycles. The van der Waals surface area contributed by atoms with E-state index in [9.17, 15) is 0 Å². The molecule has 1 aliphatic heterocycles. The zero-order valence-electron chi connectivity index (χ0n) is 18.9. The maximum atomic E-state index is 6.57. The van der Waals surface area contributed by atoms with E-state index in [1.54, 1.807) is 11.8 Å². The number of nitrogens with one attached hydrogen (secondary N) is 1. The molecule has 0 aliphatic carbocycles. The van der Waals surface area contributed by atoms with E-state index in [2.05, 4.69) is 66.7 Å². The Balaban J connectivity index is 3.06. The first-order chi connectivity index (χ1) is 14.2. The van der Waals surface area contributed by atoms with Crippen LogP contribution in [0.4, 0.5) is 0 Å². The first-order valence-electron chi connectivity index (χ1n) is 10.2. The lowest BCUT2D eigenvalue weighted by Crippen LogP contribution is -2.41. The SMILES string of the molecule is C=CC1CP(C)C(/N=C(\C)SC)=c2\c(nc(Cl)c(P)\c2=C(\C)CC)OC(C)CCN1. The minimum Gasteiger partial charge on any atom is -0.474 e. The van der Waals surface area contributed by atoms with Gasteiger partial charge >= 0.3 is 0 Å². The van der Waals surface area contributed by atoms with E-state index in [4.69, 9.17) is 21.3 Å². The zero-order chi connectivity index (χ0) is 22.4. The standard InChI is InChI=1S/C22H34ClN3OP2S/c1-8-13(3)17-18-21(26-20(23)19(17)28)27-14(4)10-11-24-16(9-2)12-29(6)22(18)25-15(5)30-7/h9,14,16,24H,2,8,10-12,28H2,1,3-7H3/b17-13-,22-18-,25-15+. The van der Waals surface area contributed by atoms with Crippen molar-refractivity contribution in [2.24, 2.45) is 4.99 Å². The van der Waals surface area contributed by atoms with E-state index >= 15 is 0 Å². The molecular weight excluding hydrogens is 452 g/mol. The van der Waals surface area contributed by atoms with Gasteiger partial charge in [0.2, 0.25) is 5.88 Å². The van der Waals surface area contributed by atoms with Crippen molar-refractivity contribution in [2.45, 2.75) is 52.7 Å². The number of halogens is 1. The van der Waals surface area contributed by atoms with Crippen LogP contribution in [0.3, 0.4) is 0 Å². The van der Waals surface area contributed by atoms with Crippen molar-refractivity contribution < 1.29 is 4.74 Å². The molecule has 2 rings (SSSR count). The summed E-state index contributed by atoms with van der Waals surface area (Å²) in [5.74, 6) is 0.598. The van der Waals surface area contributed by atoms with Gasteiger partial charge in [0, 0.05) is 11.3 Å². The van der Waals surface area contributed by atoms with E-state index < -0.39 is 7.92 Å². The van der Waals surface area contributed by atoms with Gasteiger partial charge < -0.3 is 10.1 Å². The molecular formula is C22H34ClN3OP2S. The molecule has 0 amide bonds. The highest BCUT2D eigenvalue weighted by atomic mass is 35.5. The van der Waals surface area contributed by atoms with Crippen LogP contribution in [0.2, 0.25) is 5.15 Å². The van der Waals surface area contributed by atoms with Crippen molar-refractivity contribution >= 4 is 61.9 Å². The van der Waals surface area contributed by atoms with E-state index in [0.29, 0.717) is 11.0 Å². The number of rotatable bonds is 3. The normalized spacial score (nSPS) is 26.3. The molecule has 0 saturated heterocycles. The van der Waals surface area contributed by atoms with Crippen molar-refractivity contribution in [1.29, 1.82) is 0 Å². The van der Waals surface area contributed by atoms with Crippen LogP contribution >= 0.6 is 40.5 Å². The molecule has 1 N–H and O–H groups in total. The molecule has 0 radical (unpaired) electrons. The van der Waals surface area contributed by atoms with Crippen LogP contribution in [0.15, 0.2) is 17.6 Å². The average Bonchev–Trinajstić information content (AvgIpc) is 2.74. The van der Waals surface area contributed by atoms with Crippen molar-refractivity contribution in [1.82, 2.24) is 10.3 Å². The molecule has 30 heavy (non-hydrogen) atoms. The minimum absolute atomic E-state index is 0.00323. The van der Waals surface area contributed by atoms with Gasteiger partial charge in [-0.1, -0.05) is 38.1 Å². The average molecular weight is 486 g/mol. The number of pyridine rings is 1. The van der Waals surface area contributed by atoms with Crippen LogP contribution in [-0.4, -0.2) is 47.8 Å². The molecule has 1 aromatic heterocycles. The van der Waals surface area contributed by atoms with E-state index in [1.165, 1.54) is 5.57 Å². The summed E-state index contributed by atoms with van der Waals surface area (Å²) in [7, 11) is 2.19. The lowest BCUT2D eigenvalue weighted by atomic mass is 10.1. The van der Waals surface area contributed by atoms with Crippen molar-refractivity contribution in [3.8, 4) is 5.88 Å². The number of aliphatic imine (C=N–C) groups is 1. The largest absolute Gasteiger partial charge is 0.474 e. The maximum Gasteiger partial charge on any atom is 0.225 e. The van der Waals surface area contributed by atoms with Gasteiger partial charge in [0.1, 0.15) is 5.15 Å². The number of thioether (sulfide) groups is 1. The minimum atomic E-state index is -0.595. The van der Waals surface area contributed by atoms with Gasteiger partial charge in [-0.25, -0.2) is 9.98 Å². The lowest BCUT2D eigenvalue weighted by molar-refractivity contribution is 0.199. The Kier molecular flexibility index (Phi) is 10.3. The van der Waals surface area contributed by atoms with Gasteiger partial charge in [-0.2, -0.15) is 0 Å². The molecule has 0 bridgehead atoms. The monoisotopic (exact) mass is 485 g/mol. The number of hydrogen-bond donors (Lipinski definition) is 1. The molecule has 4 unspecified atom stereocenters. The van der Waals surface area contributed by atoms with Crippen LogP contribution in [0, 0.1) is 0 Å². The predicted octanol–water partition coefficient (Wildman–Crippen LogP) is 4.09.